The molecule has 6 nitrogen and oxygen atoms in total. The molecule has 4 heterocycles. The lowest BCUT2D eigenvalue weighted by atomic mass is 10.3. The molecule has 0 saturated heterocycles. The van der Waals surface area contributed by atoms with Crippen LogP contribution < -0.4 is 0 Å². The van der Waals surface area contributed by atoms with Crippen LogP contribution in [0.3, 0.4) is 0 Å². The van der Waals surface area contributed by atoms with E-state index in [-0.39, 0.29) is 0 Å². The molecular weight excluding hydrogens is 218 g/mol. The van der Waals surface area contributed by atoms with Crippen molar-refractivity contribution in [2.24, 2.45) is 0 Å². The number of aromatic nitrogens is 5. The summed E-state index contributed by atoms with van der Waals surface area (Å²) in [6.45, 7) is 0. The lowest BCUT2D eigenvalue weighted by Crippen LogP contribution is -1.90. The summed E-state index contributed by atoms with van der Waals surface area (Å²) in [5.41, 5.74) is 2.73. The van der Waals surface area contributed by atoms with E-state index in [4.69, 9.17) is 4.42 Å². The maximum Gasteiger partial charge on any atom is 0.252 e. The predicted molar refractivity (Wildman–Crippen MR) is 60.3 cm³/mol. The molecule has 0 aliphatic rings. The van der Waals surface area contributed by atoms with E-state index in [2.05, 4.69) is 20.1 Å². The van der Waals surface area contributed by atoms with E-state index in [0.717, 1.165) is 22.5 Å². The Bertz CT molecular complexity index is 796. The first-order valence-corrected chi connectivity index (χ1v) is 5.13. The topological polar surface area (TPSA) is 72.0 Å². The van der Waals surface area contributed by atoms with Crippen molar-refractivity contribution in [2.75, 3.05) is 0 Å². The molecule has 17 heavy (non-hydrogen) atoms. The number of H-pyrrole nitrogens is 1. The zero-order chi connectivity index (χ0) is 11.2. The van der Waals surface area contributed by atoms with E-state index in [1.54, 1.807) is 17.0 Å². The molecule has 0 saturated carbocycles. The maximum absolute atomic E-state index is 5.35. The van der Waals surface area contributed by atoms with Crippen LogP contribution in [0.25, 0.3) is 28.3 Å². The molecule has 4 aromatic rings. The number of aromatic amines is 1. The minimum absolute atomic E-state index is 0.586. The Labute approximate surface area is 94.9 Å². The summed E-state index contributed by atoms with van der Waals surface area (Å²) in [7, 11) is 0. The normalized spacial score (nSPS) is 11.5. The second-order valence-corrected chi connectivity index (χ2v) is 3.69. The van der Waals surface area contributed by atoms with Crippen molar-refractivity contribution in [2.45, 2.75) is 0 Å². The van der Waals surface area contributed by atoms with Gasteiger partial charge in [0.05, 0.1) is 29.2 Å². The summed E-state index contributed by atoms with van der Waals surface area (Å²) in [6, 6.07) is 5.72. The molecule has 0 radical (unpaired) electrons. The zero-order valence-electron chi connectivity index (χ0n) is 8.66. The highest BCUT2D eigenvalue weighted by Crippen LogP contribution is 2.23. The van der Waals surface area contributed by atoms with Crippen molar-refractivity contribution in [1.29, 1.82) is 0 Å². The average molecular weight is 225 g/mol. The van der Waals surface area contributed by atoms with E-state index in [9.17, 15) is 0 Å². The fourth-order valence-corrected chi connectivity index (χ4v) is 1.91. The van der Waals surface area contributed by atoms with Gasteiger partial charge in [-0.15, -0.1) is 0 Å². The lowest BCUT2D eigenvalue weighted by molar-refractivity contribution is 0.580. The highest BCUT2D eigenvalue weighted by Gasteiger charge is 2.09. The molecule has 0 amide bonds. The Morgan fingerprint density at radius 2 is 2.29 bits per heavy atom. The van der Waals surface area contributed by atoms with Gasteiger partial charge in [0.2, 0.25) is 0 Å². The first kappa shape index (κ1) is 8.51. The number of hydrogen-bond acceptors (Lipinski definition) is 4. The van der Waals surface area contributed by atoms with Crippen LogP contribution in [0.2, 0.25) is 0 Å². The molecule has 6 heteroatoms. The van der Waals surface area contributed by atoms with Gasteiger partial charge in [-0.25, -0.2) is 4.98 Å². The van der Waals surface area contributed by atoms with Crippen molar-refractivity contribution >= 4 is 16.8 Å². The van der Waals surface area contributed by atoms with Gasteiger partial charge in [0.1, 0.15) is 12.1 Å². The fourth-order valence-electron chi connectivity index (χ4n) is 1.91. The molecule has 0 atom stereocenters. The molecular formula is C11H7N5O. The third-order valence-corrected chi connectivity index (χ3v) is 2.68. The van der Waals surface area contributed by atoms with Crippen LogP contribution in [-0.2, 0) is 0 Å². The first-order valence-electron chi connectivity index (χ1n) is 5.13. The molecule has 0 aliphatic heterocycles. The van der Waals surface area contributed by atoms with Gasteiger partial charge in [0.25, 0.3) is 5.78 Å². The highest BCUT2D eigenvalue weighted by molar-refractivity contribution is 5.82. The number of rotatable bonds is 1. The Hall–Kier alpha value is -2.63. The minimum Gasteiger partial charge on any atom is -0.463 e. The number of nitrogens with zero attached hydrogens (tertiary/aromatic N) is 4. The van der Waals surface area contributed by atoms with Gasteiger partial charge >= 0.3 is 0 Å². The van der Waals surface area contributed by atoms with Crippen LogP contribution >= 0.6 is 0 Å². The van der Waals surface area contributed by atoms with Gasteiger partial charge in [0.15, 0.2) is 0 Å². The third-order valence-electron chi connectivity index (χ3n) is 2.68. The summed E-state index contributed by atoms with van der Waals surface area (Å²) in [4.78, 5) is 11.5. The van der Waals surface area contributed by atoms with E-state index in [0.29, 0.717) is 5.78 Å². The summed E-state index contributed by atoms with van der Waals surface area (Å²) >= 11 is 0. The number of nitrogens with one attached hydrogen (secondary N) is 1. The van der Waals surface area contributed by atoms with Gasteiger partial charge in [-0.05, 0) is 18.2 Å². The quantitative estimate of drug-likeness (QED) is 0.536. The van der Waals surface area contributed by atoms with Crippen molar-refractivity contribution in [3.05, 3.63) is 37.0 Å². The monoisotopic (exact) mass is 225 g/mol. The van der Waals surface area contributed by atoms with Crippen molar-refractivity contribution < 1.29 is 4.42 Å². The largest absolute Gasteiger partial charge is 0.463 e. The van der Waals surface area contributed by atoms with Crippen LogP contribution in [0.4, 0.5) is 0 Å². The van der Waals surface area contributed by atoms with Gasteiger partial charge in [-0.1, -0.05) is 0 Å². The molecule has 4 aromatic heterocycles. The SMILES string of the molecule is c1coc(-c2cc3c(cnc4ncnn43)[nH]2)c1. The predicted octanol–water partition coefficient (Wildman–Crippen LogP) is 1.87. The average Bonchev–Trinajstić information content (AvgIpc) is 3.08. The van der Waals surface area contributed by atoms with Crippen molar-refractivity contribution in [3.8, 4) is 11.5 Å². The van der Waals surface area contributed by atoms with Crippen LogP contribution in [0.1, 0.15) is 0 Å². The molecule has 0 spiro atoms. The van der Waals surface area contributed by atoms with Crippen LogP contribution in [0.15, 0.2) is 41.4 Å². The van der Waals surface area contributed by atoms with E-state index < -0.39 is 0 Å². The van der Waals surface area contributed by atoms with Gasteiger partial charge in [-0.2, -0.15) is 14.6 Å². The summed E-state index contributed by atoms with van der Waals surface area (Å²) in [5, 5.41) is 4.13. The molecule has 0 aromatic carbocycles. The van der Waals surface area contributed by atoms with Crippen molar-refractivity contribution in [1.82, 2.24) is 24.6 Å². The number of furan rings is 1. The van der Waals surface area contributed by atoms with E-state index in [1.807, 2.05) is 18.2 Å². The van der Waals surface area contributed by atoms with Crippen LogP contribution in [0, 0.1) is 0 Å². The molecule has 0 unspecified atom stereocenters. The lowest BCUT2D eigenvalue weighted by Gasteiger charge is -1.91. The molecule has 1 N–H and O–H groups in total. The zero-order valence-corrected chi connectivity index (χ0v) is 8.66. The molecule has 0 bridgehead atoms. The number of hydrogen-bond donors (Lipinski definition) is 1. The molecule has 4 rings (SSSR count). The smallest absolute Gasteiger partial charge is 0.252 e. The minimum atomic E-state index is 0.586. The number of fused-ring (bicyclic) bond motifs is 3. The third kappa shape index (κ3) is 1.12. The first-order chi connectivity index (χ1) is 8.42. The second kappa shape index (κ2) is 2.94. The Kier molecular flexibility index (Phi) is 1.47. The van der Waals surface area contributed by atoms with E-state index in [1.165, 1.54) is 6.33 Å². The van der Waals surface area contributed by atoms with Crippen molar-refractivity contribution in [3.63, 3.8) is 0 Å². The van der Waals surface area contributed by atoms with Crippen LogP contribution in [-0.4, -0.2) is 24.6 Å². The molecule has 0 aliphatic carbocycles. The Balaban J connectivity index is 2.09. The summed E-state index contributed by atoms with van der Waals surface area (Å²) in [6.07, 6.45) is 4.87. The standard InChI is InChI=1S/C11H7N5O/c1-2-10(17-3-1)7-4-9-8(15-7)5-12-11-13-6-14-16(9)11/h1-6,15H. The highest BCUT2D eigenvalue weighted by atomic mass is 16.3. The Morgan fingerprint density at radius 1 is 1.29 bits per heavy atom. The van der Waals surface area contributed by atoms with Gasteiger partial charge < -0.3 is 9.40 Å². The van der Waals surface area contributed by atoms with Gasteiger partial charge in [0, 0.05) is 0 Å². The fraction of sp³-hybridized carbons (Fsp3) is 0. The summed E-state index contributed by atoms with van der Waals surface area (Å²) in [5.74, 6) is 1.37. The van der Waals surface area contributed by atoms with E-state index >= 15 is 0 Å². The summed E-state index contributed by atoms with van der Waals surface area (Å²) < 4.78 is 7.04. The van der Waals surface area contributed by atoms with Crippen LogP contribution in [0.5, 0.6) is 0 Å². The molecule has 0 fully saturated rings. The second-order valence-electron chi connectivity index (χ2n) is 3.69. The Morgan fingerprint density at radius 3 is 3.18 bits per heavy atom. The molecule has 82 valence electrons. The van der Waals surface area contributed by atoms with Gasteiger partial charge in [-0.3, -0.25) is 0 Å². The maximum atomic E-state index is 5.35.